The average Bonchev–Trinajstić information content (AvgIpc) is 3.70. The third-order valence-electron chi connectivity index (χ3n) is 8.54. The van der Waals surface area contributed by atoms with E-state index in [4.69, 9.17) is 37.9 Å². The number of benzene rings is 1. The highest BCUT2D eigenvalue weighted by atomic mass is 16.9. The molecule has 13 heteroatoms. The van der Waals surface area contributed by atoms with Crippen molar-refractivity contribution in [2.24, 2.45) is 0 Å². The van der Waals surface area contributed by atoms with E-state index in [1.807, 2.05) is 25.1 Å². The first kappa shape index (κ1) is 32.5. The Kier molecular flexibility index (Phi) is 8.89. The molecule has 0 spiro atoms. The fraction of sp³-hybridized carbons (Fsp3) is 0.656. The maximum Gasteiger partial charge on any atom is 0.329 e. The summed E-state index contributed by atoms with van der Waals surface area (Å²) in [5, 5.41) is 23.0. The summed E-state index contributed by atoms with van der Waals surface area (Å²) < 4.78 is 50.9. The van der Waals surface area contributed by atoms with E-state index < -0.39 is 78.7 Å². The number of fused-ring (bicyclic) bond motifs is 3. The number of aromatic nitrogens is 2. The molecule has 0 aliphatic carbocycles. The van der Waals surface area contributed by atoms with E-state index in [-0.39, 0.29) is 26.3 Å². The van der Waals surface area contributed by atoms with Gasteiger partial charge in [-0.3, -0.25) is 9.13 Å². The molecule has 13 nitrogen and oxygen atoms in total. The highest BCUT2D eigenvalue weighted by molar-refractivity contribution is 5.77. The van der Waals surface area contributed by atoms with Crippen LogP contribution in [0.15, 0.2) is 48.3 Å². The minimum absolute atomic E-state index is 0.102. The molecule has 2 aromatic rings. The molecular formula is C32H44N2O11. The molecule has 6 rings (SSSR count). The number of hydrogen-bond donors (Lipinski definition) is 2. The van der Waals surface area contributed by atoms with Gasteiger partial charge in [-0.05, 0) is 52.3 Å². The molecule has 0 amide bonds. The number of nitrogens with zero attached hydrogens (tertiary/aromatic N) is 2. The highest BCUT2D eigenvalue weighted by Crippen LogP contribution is 2.41. The van der Waals surface area contributed by atoms with E-state index in [0.29, 0.717) is 11.0 Å². The zero-order chi connectivity index (χ0) is 32.3. The fourth-order valence-electron chi connectivity index (χ4n) is 6.73. The van der Waals surface area contributed by atoms with Crippen LogP contribution in [0.3, 0.4) is 0 Å². The van der Waals surface area contributed by atoms with Crippen LogP contribution < -0.4 is 5.69 Å². The number of aryl methyl sites for hydroxylation is 1. The Bertz CT molecular complexity index is 1470. The number of aliphatic hydroxyl groups excluding tert-OH is 2. The highest BCUT2D eigenvalue weighted by Gasteiger charge is 2.58. The molecule has 4 saturated heterocycles. The first-order chi connectivity index (χ1) is 21.3. The van der Waals surface area contributed by atoms with E-state index in [9.17, 15) is 15.0 Å². The van der Waals surface area contributed by atoms with Crippen molar-refractivity contribution in [2.75, 3.05) is 13.2 Å². The van der Waals surface area contributed by atoms with Crippen molar-refractivity contribution in [2.45, 2.75) is 121 Å². The predicted molar refractivity (Wildman–Crippen MR) is 160 cm³/mol. The molecule has 1 aromatic carbocycles. The van der Waals surface area contributed by atoms with Crippen LogP contribution in [0.2, 0.25) is 0 Å². The van der Waals surface area contributed by atoms with Crippen molar-refractivity contribution in [3.8, 4) is 0 Å². The molecule has 4 fully saturated rings. The number of imidazole rings is 1. The van der Waals surface area contributed by atoms with Crippen LogP contribution >= 0.6 is 0 Å². The Morgan fingerprint density at radius 2 is 1.29 bits per heavy atom. The van der Waals surface area contributed by atoms with Crippen molar-refractivity contribution < 1.29 is 48.1 Å². The Hall–Kier alpha value is -2.43. The summed E-state index contributed by atoms with van der Waals surface area (Å²) in [4.78, 5) is 14.0. The maximum absolute atomic E-state index is 14.0. The fourth-order valence-corrected chi connectivity index (χ4v) is 6.73. The first-order valence-corrected chi connectivity index (χ1v) is 15.4. The zero-order valence-corrected chi connectivity index (χ0v) is 26.4. The van der Waals surface area contributed by atoms with E-state index in [1.54, 1.807) is 39.8 Å². The SMILES string of the molecule is C=CCOC1C(C(O)Cn2c(=O)n(CC(O)C3OC4OC(C)(C)OC4C3OCC=C)c3cc(C)ccc32)OC2OC(C)(C)OC21. The van der Waals surface area contributed by atoms with Gasteiger partial charge in [0.2, 0.25) is 0 Å². The largest absolute Gasteiger partial charge is 0.388 e. The molecule has 45 heavy (non-hydrogen) atoms. The molecule has 4 aliphatic heterocycles. The second-order valence-electron chi connectivity index (χ2n) is 12.9. The minimum atomic E-state index is -1.16. The normalized spacial score (nSPS) is 34.6. The number of rotatable bonds is 12. The van der Waals surface area contributed by atoms with Crippen LogP contribution in [0.1, 0.15) is 33.3 Å². The molecule has 5 heterocycles. The summed E-state index contributed by atoms with van der Waals surface area (Å²) in [5.41, 5.74) is 1.69. The third-order valence-corrected chi connectivity index (χ3v) is 8.54. The van der Waals surface area contributed by atoms with Crippen molar-refractivity contribution in [3.05, 3.63) is 59.6 Å². The smallest absolute Gasteiger partial charge is 0.329 e. The van der Waals surface area contributed by atoms with Gasteiger partial charge in [-0.1, -0.05) is 18.2 Å². The van der Waals surface area contributed by atoms with Gasteiger partial charge in [0.05, 0.1) is 37.3 Å². The standard InChI is InChI=1S/C32H44N2O11/c1-8-12-38-24-22(40-28-26(24)42-31(4,5)44-28)20(35)15-33-18-11-10-17(3)14-19(18)34(30(33)37)16-21(36)23-25(39-13-9-2)27-29(41-23)45-32(6,7)43-27/h8-11,14,20-29,35-36H,1-2,12-13,15-16H2,3-7H3. The maximum atomic E-state index is 14.0. The van der Waals surface area contributed by atoms with Gasteiger partial charge in [-0.2, -0.15) is 0 Å². The molecule has 1 aromatic heterocycles. The summed E-state index contributed by atoms with van der Waals surface area (Å²) >= 11 is 0. The average molecular weight is 633 g/mol. The van der Waals surface area contributed by atoms with Crippen LogP contribution in [-0.2, 0) is 51.0 Å². The molecule has 2 N–H and O–H groups in total. The Labute approximate surface area is 261 Å². The van der Waals surface area contributed by atoms with Gasteiger partial charge < -0.3 is 48.1 Å². The van der Waals surface area contributed by atoms with Gasteiger partial charge in [0.1, 0.15) is 48.8 Å². The molecule has 10 unspecified atom stereocenters. The van der Waals surface area contributed by atoms with E-state index >= 15 is 0 Å². The van der Waals surface area contributed by atoms with Crippen LogP contribution in [0.25, 0.3) is 11.0 Å². The molecule has 0 saturated carbocycles. The van der Waals surface area contributed by atoms with Crippen LogP contribution in [0, 0.1) is 6.92 Å². The van der Waals surface area contributed by atoms with Gasteiger partial charge in [0.15, 0.2) is 24.2 Å². The third kappa shape index (κ3) is 6.19. The van der Waals surface area contributed by atoms with Crippen molar-refractivity contribution >= 4 is 11.0 Å². The van der Waals surface area contributed by atoms with Gasteiger partial charge in [0.25, 0.3) is 0 Å². The van der Waals surface area contributed by atoms with E-state index in [0.717, 1.165) is 5.56 Å². The number of hydrogen-bond acceptors (Lipinski definition) is 11. The summed E-state index contributed by atoms with van der Waals surface area (Å²) in [6.45, 7) is 16.7. The van der Waals surface area contributed by atoms with Crippen molar-refractivity contribution in [3.63, 3.8) is 0 Å². The topological polar surface area (TPSA) is 141 Å². The number of aliphatic hydroxyl groups is 2. The summed E-state index contributed by atoms with van der Waals surface area (Å²) in [6, 6.07) is 5.58. The van der Waals surface area contributed by atoms with E-state index in [1.165, 1.54) is 9.13 Å². The molecule has 10 atom stereocenters. The summed E-state index contributed by atoms with van der Waals surface area (Å²) in [6.07, 6.45) is -4.66. The lowest BCUT2D eigenvalue weighted by molar-refractivity contribution is -0.229. The van der Waals surface area contributed by atoms with Crippen LogP contribution in [0.5, 0.6) is 0 Å². The monoisotopic (exact) mass is 632 g/mol. The van der Waals surface area contributed by atoms with Gasteiger partial charge in [0, 0.05) is 0 Å². The Morgan fingerprint density at radius 3 is 1.76 bits per heavy atom. The Balaban J connectivity index is 1.25. The second-order valence-corrected chi connectivity index (χ2v) is 12.9. The molecule has 0 bridgehead atoms. The van der Waals surface area contributed by atoms with Gasteiger partial charge in [-0.25, -0.2) is 4.79 Å². The molecular weight excluding hydrogens is 588 g/mol. The summed E-state index contributed by atoms with van der Waals surface area (Å²) in [5.74, 6) is -1.73. The van der Waals surface area contributed by atoms with Gasteiger partial charge >= 0.3 is 5.69 Å². The molecule has 248 valence electrons. The molecule has 4 aliphatic rings. The zero-order valence-electron chi connectivity index (χ0n) is 26.4. The first-order valence-electron chi connectivity index (χ1n) is 15.4. The van der Waals surface area contributed by atoms with Crippen molar-refractivity contribution in [1.29, 1.82) is 0 Å². The van der Waals surface area contributed by atoms with Crippen LogP contribution in [0.4, 0.5) is 0 Å². The van der Waals surface area contributed by atoms with Crippen molar-refractivity contribution in [1.82, 2.24) is 9.13 Å². The quantitative estimate of drug-likeness (QED) is 0.331. The molecule has 0 radical (unpaired) electrons. The summed E-state index contributed by atoms with van der Waals surface area (Å²) in [7, 11) is 0. The van der Waals surface area contributed by atoms with Crippen LogP contribution in [-0.4, -0.2) is 106 Å². The van der Waals surface area contributed by atoms with E-state index in [2.05, 4.69) is 13.2 Å². The lowest BCUT2D eigenvalue weighted by Crippen LogP contribution is -2.46. The lowest BCUT2D eigenvalue weighted by Gasteiger charge is -2.28. The number of ether oxygens (including phenoxy) is 8. The Morgan fingerprint density at radius 1 is 0.822 bits per heavy atom. The minimum Gasteiger partial charge on any atom is -0.388 e. The van der Waals surface area contributed by atoms with Gasteiger partial charge in [-0.15, -0.1) is 13.2 Å². The predicted octanol–water partition coefficient (Wildman–Crippen LogP) is 1.73. The second kappa shape index (κ2) is 12.3. The lowest BCUT2D eigenvalue weighted by atomic mass is 10.1.